The second-order valence-corrected chi connectivity index (χ2v) is 10.7. The van der Waals surface area contributed by atoms with Crippen molar-refractivity contribution in [3.8, 4) is 10.6 Å². The van der Waals surface area contributed by atoms with Crippen molar-refractivity contribution in [1.82, 2.24) is 19.9 Å². The fraction of sp³-hybridized carbons (Fsp3) is 0.321. The van der Waals surface area contributed by atoms with E-state index in [2.05, 4.69) is 34.4 Å². The number of pyridine rings is 2. The quantitative estimate of drug-likeness (QED) is 0.241. The summed E-state index contributed by atoms with van der Waals surface area (Å²) in [7, 11) is 0. The molecule has 0 spiro atoms. The van der Waals surface area contributed by atoms with Crippen LogP contribution in [0, 0.1) is 5.92 Å². The van der Waals surface area contributed by atoms with Crippen molar-refractivity contribution >= 4 is 40.0 Å². The standard InChI is InChI=1S/C28H29F3N6O3S/c1-4-33-27(40)36-23-11-19(26-35-22(14-41-26)28(29,30)31)17(12-34-23)9-16-5-6-18-21(10-16)37(8-7-15(2)3)13-20(24(18)38)25(32)39/h5-6,10-15H,4,7-9H2,1-3H3,(H2,32,39)(H2,33,34,36,40). The average Bonchev–Trinajstić information content (AvgIpc) is 3.40. The molecule has 0 saturated heterocycles. The number of rotatable bonds is 9. The monoisotopic (exact) mass is 586 g/mol. The number of halogens is 3. The molecular weight excluding hydrogens is 557 g/mol. The Balaban J connectivity index is 1.79. The summed E-state index contributed by atoms with van der Waals surface area (Å²) >= 11 is 0.836. The van der Waals surface area contributed by atoms with Crippen LogP contribution in [0.5, 0.6) is 0 Å². The maximum Gasteiger partial charge on any atom is 0.434 e. The highest BCUT2D eigenvalue weighted by molar-refractivity contribution is 7.13. The Kier molecular flexibility index (Phi) is 8.76. The Hall–Kier alpha value is -4.26. The van der Waals surface area contributed by atoms with Gasteiger partial charge >= 0.3 is 12.2 Å². The zero-order valence-electron chi connectivity index (χ0n) is 22.6. The largest absolute Gasteiger partial charge is 0.434 e. The lowest BCUT2D eigenvalue weighted by Crippen LogP contribution is -2.28. The predicted molar refractivity (Wildman–Crippen MR) is 152 cm³/mol. The van der Waals surface area contributed by atoms with Crippen LogP contribution < -0.4 is 21.8 Å². The Morgan fingerprint density at radius 3 is 2.59 bits per heavy atom. The number of fused-ring (bicyclic) bond motifs is 1. The van der Waals surface area contributed by atoms with E-state index < -0.39 is 29.2 Å². The number of urea groups is 1. The van der Waals surface area contributed by atoms with Crippen molar-refractivity contribution in [2.24, 2.45) is 11.7 Å². The second-order valence-electron chi connectivity index (χ2n) is 9.89. The molecule has 0 fully saturated rings. The number of benzene rings is 1. The number of nitrogens with one attached hydrogen (secondary N) is 2. The van der Waals surface area contributed by atoms with Gasteiger partial charge in [0.25, 0.3) is 5.91 Å². The maximum absolute atomic E-state index is 13.3. The van der Waals surface area contributed by atoms with Crippen LogP contribution in [0.4, 0.5) is 23.8 Å². The van der Waals surface area contributed by atoms with Crippen LogP contribution in [0.25, 0.3) is 21.5 Å². The number of anilines is 1. The van der Waals surface area contributed by atoms with Gasteiger partial charge in [-0.15, -0.1) is 11.3 Å². The van der Waals surface area contributed by atoms with E-state index >= 15 is 0 Å². The average molecular weight is 587 g/mol. The minimum Gasteiger partial charge on any atom is -0.365 e. The molecule has 0 atom stereocenters. The predicted octanol–water partition coefficient (Wildman–Crippen LogP) is 5.42. The van der Waals surface area contributed by atoms with E-state index in [0.717, 1.165) is 28.7 Å². The lowest BCUT2D eigenvalue weighted by Gasteiger charge is -2.16. The number of amides is 3. The Morgan fingerprint density at radius 2 is 1.95 bits per heavy atom. The fourth-order valence-electron chi connectivity index (χ4n) is 4.26. The van der Waals surface area contributed by atoms with Crippen molar-refractivity contribution in [2.45, 2.75) is 46.3 Å². The number of nitrogens with two attached hydrogens (primary N) is 1. The first kappa shape index (κ1) is 29.7. The molecule has 0 bridgehead atoms. The smallest absolute Gasteiger partial charge is 0.365 e. The lowest BCUT2D eigenvalue weighted by molar-refractivity contribution is -0.140. The first-order valence-corrected chi connectivity index (χ1v) is 13.8. The summed E-state index contributed by atoms with van der Waals surface area (Å²) in [6.45, 7) is 6.80. The fourth-order valence-corrected chi connectivity index (χ4v) is 5.14. The summed E-state index contributed by atoms with van der Waals surface area (Å²) in [6, 6.07) is 6.14. The number of alkyl halides is 3. The number of primary amides is 1. The van der Waals surface area contributed by atoms with Gasteiger partial charge < -0.3 is 15.6 Å². The maximum atomic E-state index is 13.3. The van der Waals surface area contributed by atoms with Crippen LogP contribution in [-0.2, 0) is 19.1 Å². The van der Waals surface area contributed by atoms with Crippen LogP contribution in [-0.4, -0.2) is 33.0 Å². The molecule has 3 heterocycles. The molecule has 0 aliphatic rings. The number of thiazole rings is 1. The molecule has 3 aromatic heterocycles. The third-order valence-corrected chi connectivity index (χ3v) is 7.22. The first-order valence-electron chi connectivity index (χ1n) is 12.9. The summed E-state index contributed by atoms with van der Waals surface area (Å²) in [6.07, 6.45) is -0.609. The molecule has 4 N–H and O–H groups in total. The van der Waals surface area contributed by atoms with Gasteiger partial charge in [-0.05, 0) is 55.0 Å². The van der Waals surface area contributed by atoms with E-state index in [1.807, 2.05) is 10.6 Å². The zero-order chi connectivity index (χ0) is 29.9. The Labute approximate surface area is 237 Å². The molecule has 0 aliphatic heterocycles. The molecule has 1 aromatic carbocycles. The van der Waals surface area contributed by atoms with Gasteiger partial charge in [-0.25, -0.2) is 14.8 Å². The van der Waals surface area contributed by atoms with E-state index in [0.29, 0.717) is 41.0 Å². The Morgan fingerprint density at radius 1 is 1.20 bits per heavy atom. The number of aromatic nitrogens is 3. The Bertz CT molecular complexity index is 1660. The van der Waals surface area contributed by atoms with Crippen LogP contribution in [0.3, 0.4) is 0 Å². The van der Waals surface area contributed by atoms with Crippen molar-refractivity contribution in [3.63, 3.8) is 0 Å². The number of nitrogens with zero attached hydrogens (tertiary/aromatic N) is 3. The van der Waals surface area contributed by atoms with Crippen LogP contribution in [0.15, 0.2) is 46.8 Å². The summed E-state index contributed by atoms with van der Waals surface area (Å²) in [5.74, 6) is -0.291. The second kappa shape index (κ2) is 12.1. The summed E-state index contributed by atoms with van der Waals surface area (Å²) < 4.78 is 41.8. The van der Waals surface area contributed by atoms with E-state index in [9.17, 15) is 27.6 Å². The molecule has 4 rings (SSSR count). The van der Waals surface area contributed by atoms with E-state index in [1.165, 1.54) is 18.5 Å². The third-order valence-electron chi connectivity index (χ3n) is 6.34. The van der Waals surface area contributed by atoms with Crippen LogP contribution in [0.2, 0.25) is 0 Å². The first-order chi connectivity index (χ1) is 19.4. The molecule has 216 valence electrons. The molecule has 41 heavy (non-hydrogen) atoms. The molecule has 4 aromatic rings. The summed E-state index contributed by atoms with van der Waals surface area (Å²) in [5, 5.41) is 6.55. The molecule has 0 saturated carbocycles. The molecule has 0 radical (unpaired) electrons. The molecule has 3 amide bonds. The van der Waals surface area contributed by atoms with Crippen molar-refractivity contribution in [2.75, 3.05) is 11.9 Å². The SMILES string of the molecule is CCNC(=O)Nc1cc(-c2nc(C(F)(F)F)cs2)c(Cc2ccc3c(=O)c(C(N)=O)cn(CCC(C)C)c3c2)cn1. The summed E-state index contributed by atoms with van der Waals surface area (Å²) in [5.41, 5.74) is 6.19. The highest BCUT2D eigenvalue weighted by Gasteiger charge is 2.34. The van der Waals surface area contributed by atoms with Gasteiger partial charge in [0.1, 0.15) is 16.4 Å². The van der Waals surface area contributed by atoms with Gasteiger partial charge in [0.05, 0.1) is 5.52 Å². The topological polar surface area (TPSA) is 132 Å². The molecule has 0 unspecified atom stereocenters. The lowest BCUT2D eigenvalue weighted by atomic mass is 9.99. The van der Waals surface area contributed by atoms with Crippen molar-refractivity contribution < 1.29 is 22.8 Å². The van der Waals surface area contributed by atoms with Gasteiger partial charge in [0.2, 0.25) is 5.43 Å². The van der Waals surface area contributed by atoms with E-state index in [-0.39, 0.29) is 22.8 Å². The minimum absolute atomic E-state index is 0.0973. The van der Waals surface area contributed by atoms with Crippen molar-refractivity contribution in [3.05, 3.63) is 74.6 Å². The number of carbonyl (C=O) groups excluding carboxylic acids is 2. The van der Waals surface area contributed by atoms with E-state index in [1.54, 1.807) is 19.1 Å². The molecule has 9 nitrogen and oxygen atoms in total. The highest BCUT2D eigenvalue weighted by Crippen LogP contribution is 2.36. The van der Waals surface area contributed by atoms with Gasteiger partial charge in [0, 0.05) is 41.8 Å². The number of aryl methyl sites for hydroxylation is 1. The highest BCUT2D eigenvalue weighted by atomic mass is 32.1. The molecular formula is C28H29F3N6O3S. The van der Waals surface area contributed by atoms with Gasteiger partial charge in [-0.2, -0.15) is 13.2 Å². The molecule has 0 aliphatic carbocycles. The zero-order valence-corrected chi connectivity index (χ0v) is 23.4. The van der Waals surface area contributed by atoms with Gasteiger partial charge in [-0.1, -0.05) is 19.9 Å². The molecule has 13 heteroatoms. The number of hydrogen-bond acceptors (Lipinski definition) is 6. The number of carbonyl (C=O) groups is 2. The van der Waals surface area contributed by atoms with Crippen LogP contribution in [0.1, 0.15) is 54.4 Å². The van der Waals surface area contributed by atoms with Gasteiger partial charge in [-0.3, -0.25) is 14.9 Å². The van der Waals surface area contributed by atoms with E-state index in [4.69, 9.17) is 5.73 Å². The number of hydrogen-bond donors (Lipinski definition) is 3. The third kappa shape index (κ3) is 6.91. The van der Waals surface area contributed by atoms with Crippen molar-refractivity contribution in [1.29, 1.82) is 0 Å². The van der Waals surface area contributed by atoms with Gasteiger partial charge in [0.15, 0.2) is 5.69 Å². The minimum atomic E-state index is -4.61. The normalized spacial score (nSPS) is 11.7. The van der Waals surface area contributed by atoms with Crippen LogP contribution >= 0.6 is 11.3 Å². The summed E-state index contributed by atoms with van der Waals surface area (Å²) in [4.78, 5) is 45.0.